The molecule has 1 aromatic rings. The van der Waals surface area contributed by atoms with Crippen molar-refractivity contribution in [3.05, 3.63) is 24.0 Å². The quantitative estimate of drug-likeness (QED) is 0.649. The van der Waals surface area contributed by atoms with Gasteiger partial charge in [-0.2, -0.15) is 0 Å². The second kappa shape index (κ2) is 7.06. The molecule has 0 aromatic carbocycles. The van der Waals surface area contributed by atoms with Crippen molar-refractivity contribution in [1.82, 2.24) is 15.2 Å². The first-order valence-corrected chi connectivity index (χ1v) is 6.62. The number of aromatic nitrogens is 1. The van der Waals surface area contributed by atoms with Crippen molar-refractivity contribution in [1.29, 1.82) is 0 Å². The van der Waals surface area contributed by atoms with Crippen LogP contribution in [0.5, 0.6) is 0 Å². The monoisotopic (exact) mass is 264 g/mol. The largest absolute Gasteiger partial charge is 0.477 e. The van der Waals surface area contributed by atoms with E-state index < -0.39 is 5.97 Å². The maximum Gasteiger partial charge on any atom is 0.354 e. The van der Waals surface area contributed by atoms with Gasteiger partial charge >= 0.3 is 5.97 Å². The third-order valence-corrected chi connectivity index (χ3v) is 3.17. The van der Waals surface area contributed by atoms with Gasteiger partial charge in [0.05, 0.1) is 0 Å². The van der Waals surface area contributed by atoms with Gasteiger partial charge in [0.1, 0.15) is 5.69 Å². The smallest absolute Gasteiger partial charge is 0.354 e. The van der Waals surface area contributed by atoms with E-state index in [4.69, 9.17) is 5.11 Å². The number of nitrogens with one attached hydrogen (secondary N) is 2. The molecule has 3 N–H and O–H groups in total. The van der Waals surface area contributed by atoms with Gasteiger partial charge in [0.15, 0.2) is 0 Å². The lowest BCUT2D eigenvalue weighted by Gasteiger charge is -2.27. The van der Waals surface area contributed by atoms with Crippen LogP contribution in [-0.2, 0) is 0 Å². The summed E-state index contributed by atoms with van der Waals surface area (Å²) in [7, 11) is 0. The molecule has 0 radical (unpaired) electrons. The maximum absolute atomic E-state index is 10.8. The van der Waals surface area contributed by atoms with Crippen molar-refractivity contribution < 1.29 is 9.90 Å². The number of nitrogens with zero attached hydrogens (tertiary/aromatic N) is 2. The van der Waals surface area contributed by atoms with Crippen LogP contribution in [-0.4, -0.2) is 60.2 Å². The van der Waals surface area contributed by atoms with Crippen molar-refractivity contribution in [2.75, 3.05) is 44.6 Å². The molecule has 2 heterocycles. The van der Waals surface area contributed by atoms with Crippen LogP contribution < -0.4 is 10.6 Å². The van der Waals surface area contributed by atoms with Gasteiger partial charge in [-0.1, -0.05) is 0 Å². The first-order chi connectivity index (χ1) is 9.25. The van der Waals surface area contributed by atoms with Crippen molar-refractivity contribution >= 4 is 11.7 Å². The van der Waals surface area contributed by atoms with Crippen LogP contribution in [0.25, 0.3) is 0 Å². The predicted octanol–water partition coefficient (Wildman–Crippen LogP) is 0.487. The number of pyridine rings is 1. The number of rotatable bonds is 6. The fraction of sp³-hybridized carbons (Fsp3) is 0.538. The molecule has 0 spiro atoms. The van der Waals surface area contributed by atoms with Crippen molar-refractivity contribution in [3.63, 3.8) is 0 Å². The minimum atomic E-state index is -0.996. The van der Waals surface area contributed by atoms with E-state index in [1.807, 2.05) is 0 Å². The fourth-order valence-electron chi connectivity index (χ4n) is 2.13. The molecule has 19 heavy (non-hydrogen) atoms. The first kappa shape index (κ1) is 13.8. The van der Waals surface area contributed by atoms with Gasteiger partial charge in [0, 0.05) is 44.6 Å². The molecular formula is C13H20N4O2. The lowest BCUT2D eigenvalue weighted by Crippen LogP contribution is -2.44. The van der Waals surface area contributed by atoms with Gasteiger partial charge in [-0.15, -0.1) is 0 Å². The Balaban J connectivity index is 1.70. The Morgan fingerprint density at radius 1 is 1.47 bits per heavy atom. The molecule has 1 aliphatic heterocycles. The van der Waals surface area contributed by atoms with Gasteiger partial charge in [0.25, 0.3) is 0 Å². The van der Waals surface area contributed by atoms with E-state index in [1.165, 1.54) is 6.20 Å². The Morgan fingerprint density at radius 2 is 2.26 bits per heavy atom. The van der Waals surface area contributed by atoms with Crippen LogP contribution in [0.1, 0.15) is 16.9 Å². The number of anilines is 1. The average molecular weight is 264 g/mol. The number of carbonyl (C=O) groups is 1. The van der Waals surface area contributed by atoms with Crippen molar-refractivity contribution in [2.45, 2.75) is 6.42 Å². The summed E-state index contributed by atoms with van der Waals surface area (Å²) >= 11 is 0. The van der Waals surface area contributed by atoms with Crippen molar-refractivity contribution in [3.8, 4) is 0 Å². The molecule has 1 saturated heterocycles. The molecule has 0 saturated carbocycles. The van der Waals surface area contributed by atoms with Crippen LogP contribution in [0.4, 0.5) is 5.69 Å². The summed E-state index contributed by atoms with van der Waals surface area (Å²) in [5, 5.41) is 15.4. The second-order valence-electron chi connectivity index (χ2n) is 4.61. The highest BCUT2D eigenvalue weighted by atomic mass is 16.4. The van der Waals surface area contributed by atoms with E-state index in [0.29, 0.717) is 0 Å². The third-order valence-electron chi connectivity index (χ3n) is 3.17. The summed E-state index contributed by atoms with van der Waals surface area (Å²) < 4.78 is 0. The van der Waals surface area contributed by atoms with E-state index >= 15 is 0 Å². The van der Waals surface area contributed by atoms with Crippen LogP contribution >= 0.6 is 0 Å². The van der Waals surface area contributed by atoms with E-state index in [9.17, 15) is 4.79 Å². The van der Waals surface area contributed by atoms with E-state index in [0.717, 1.165) is 51.4 Å². The fourth-order valence-corrected chi connectivity index (χ4v) is 2.13. The standard InChI is InChI=1S/C13H20N4O2/c18-13(19)12-10-11(2-4-16-12)15-3-1-7-17-8-5-14-6-9-17/h2,4,10,14H,1,3,5-9H2,(H,15,16)(H,18,19). The van der Waals surface area contributed by atoms with Crippen LogP contribution in [0.15, 0.2) is 18.3 Å². The maximum atomic E-state index is 10.8. The Morgan fingerprint density at radius 3 is 3.00 bits per heavy atom. The molecule has 0 atom stereocenters. The van der Waals surface area contributed by atoms with Gasteiger partial charge in [-0.05, 0) is 25.1 Å². The highest BCUT2D eigenvalue weighted by Gasteiger charge is 2.08. The van der Waals surface area contributed by atoms with Crippen molar-refractivity contribution in [2.24, 2.45) is 0 Å². The molecule has 6 nitrogen and oxygen atoms in total. The topological polar surface area (TPSA) is 77.5 Å². The summed E-state index contributed by atoms with van der Waals surface area (Å²) in [5.41, 5.74) is 0.889. The number of carboxylic acid groups (broad SMARTS) is 1. The molecule has 104 valence electrons. The summed E-state index contributed by atoms with van der Waals surface area (Å²) in [6.07, 6.45) is 2.56. The summed E-state index contributed by atoms with van der Waals surface area (Å²) in [6, 6.07) is 3.35. The third kappa shape index (κ3) is 4.50. The number of piperazine rings is 1. The molecule has 0 bridgehead atoms. The first-order valence-electron chi connectivity index (χ1n) is 6.62. The molecule has 1 aliphatic rings. The Hall–Kier alpha value is -1.66. The normalized spacial score (nSPS) is 16.2. The molecule has 2 rings (SSSR count). The number of hydrogen-bond donors (Lipinski definition) is 3. The zero-order chi connectivity index (χ0) is 13.5. The summed E-state index contributed by atoms with van der Waals surface area (Å²) in [4.78, 5) is 17.0. The summed E-state index contributed by atoms with van der Waals surface area (Å²) in [6.45, 7) is 6.27. The lowest BCUT2D eigenvalue weighted by atomic mass is 10.3. The van der Waals surface area contributed by atoms with Gasteiger partial charge in [-0.25, -0.2) is 9.78 Å². The minimum absolute atomic E-state index is 0.0760. The molecule has 1 fully saturated rings. The highest BCUT2D eigenvalue weighted by molar-refractivity contribution is 5.86. The number of hydrogen-bond acceptors (Lipinski definition) is 5. The van der Waals surface area contributed by atoms with Crippen LogP contribution in [0, 0.1) is 0 Å². The molecule has 0 aliphatic carbocycles. The lowest BCUT2D eigenvalue weighted by molar-refractivity contribution is 0.0690. The highest BCUT2D eigenvalue weighted by Crippen LogP contribution is 2.08. The zero-order valence-corrected chi connectivity index (χ0v) is 10.9. The van der Waals surface area contributed by atoms with E-state index in [-0.39, 0.29) is 5.69 Å². The second-order valence-corrected chi connectivity index (χ2v) is 4.61. The van der Waals surface area contributed by atoms with Gasteiger partial charge in [0.2, 0.25) is 0 Å². The molecule has 1 aromatic heterocycles. The van der Waals surface area contributed by atoms with Crippen LogP contribution in [0.2, 0.25) is 0 Å². The Kier molecular flexibility index (Phi) is 5.11. The zero-order valence-electron chi connectivity index (χ0n) is 10.9. The minimum Gasteiger partial charge on any atom is -0.477 e. The van der Waals surface area contributed by atoms with E-state index in [1.54, 1.807) is 12.1 Å². The van der Waals surface area contributed by atoms with Crippen LogP contribution in [0.3, 0.4) is 0 Å². The molecule has 6 heteroatoms. The molecular weight excluding hydrogens is 244 g/mol. The number of aromatic carboxylic acids is 1. The molecule has 0 unspecified atom stereocenters. The van der Waals surface area contributed by atoms with E-state index in [2.05, 4.69) is 20.5 Å². The Labute approximate surface area is 112 Å². The molecule has 0 amide bonds. The van der Waals surface area contributed by atoms with Gasteiger partial charge < -0.3 is 20.6 Å². The Bertz CT molecular complexity index is 419. The predicted molar refractivity (Wildman–Crippen MR) is 73.6 cm³/mol. The average Bonchev–Trinajstić information content (AvgIpc) is 2.45. The van der Waals surface area contributed by atoms with Gasteiger partial charge in [-0.3, -0.25) is 0 Å². The number of carboxylic acids is 1. The summed E-state index contributed by atoms with van der Waals surface area (Å²) in [5.74, 6) is -0.996. The SMILES string of the molecule is O=C(O)c1cc(NCCCN2CCNCC2)ccn1.